The Morgan fingerprint density at radius 3 is 2.67 bits per heavy atom. The van der Waals surface area contributed by atoms with Crippen LogP contribution in [-0.4, -0.2) is 43.0 Å². The number of rotatable bonds is 7. The van der Waals surface area contributed by atoms with E-state index < -0.39 is 0 Å². The van der Waals surface area contributed by atoms with Crippen molar-refractivity contribution in [3.8, 4) is 0 Å². The molecule has 0 unspecified atom stereocenters. The predicted molar refractivity (Wildman–Crippen MR) is 93.7 cm³/mol. The number of hydrogen-bond donors (Lipinski definition) is 1. The number of benzene rings is 1. The lowest BCUT2D eigenvalue weighted by Crippen LogP contribution is -2.39. The summed E-state index contributed by atoms with van der Waals surface area (Å²) in [6, 6.07) is 7.49. The monoisotopic (exact) mass is 352 g/mol. The largest absolute Gasteiger partial charge is 0.466 e. The average Bonchev–Trinajstić information content (AvgIpc) is 2.60. The van der Waals surface area contributed by atoms with Gasteiger partial charge in [0.15, 0.2) is 0 Å². The second kappa shape index (κ2) is 9.64. The fraction of sp³-hybridized carbons (Fsp3) is 0.556. The summed E-state index contributed by atoms with van der Waals surface area (Å²) in [4.78, 5) is 25.9. The zero-order valence-electron chi connectivity index (χ0n) is 14.1. The van der Waals surface area contributed by atoms with Crippen LogP contribution in [0.15, 0.2) is 24.3 Å². The van der Waals surface area contributed by atoms with Crippen LogP contribution < -0.4 is 5.32 Å². The second-order valence-electron chi connectivity index (χ2n) is 5.99. The Morgan fingerprint density at radius 2 is 2.00 bits per heavy atom. The van der Waals surface area contributed by atoms with Crippen LogP contribution >= 0.6 is 11.6 Å². The lowest BCUT2D eigenvalue weighted by Gasteiger charge is -2.30. The van der Waals surface area contributed by atoms with Gasteiger partial charge in [-0.25, -0.2) is 0 Å². The number of esters is 1. The number of likely N-dealkylation sites (tertiary alicyclic amines) is 1. The second-order valence-corrected chi connectivity index (χ2v) is 6.39. The van der Waals surface area contributed by atoms with Crippen molar-refractivity contribution in [3.63, 3.8) is 0 Å². The number of halogens is 1. The van der Waals surface area contributed by atoms with Gasteiger partial charge in [0, 0.05) is 24.5 Å². The van der Waals surface area contributed by atoms with E-state index in [4.69, 9.17) is 16.3 Å². The Labute approximate surface area is 148 Å². The Kier molecular flexibility index (Phi) is 7.53. The number of carbonyl (C=O) groups excluding carboxylic acids is 2. The van der Waals surface area contributed by atoms with E-state index in [9.17, 15) is 9.59 Å². The van der Waals surface area contributed by atoms with Gasteiger partial charge in [-0.2, -0.15) is 0 Å². The normalized spacial score (nSPS) is 15.9. The summed E-state index contributed by atoms with van der Waals surface area (Å²) in [6.07, 6.45) is 2.06. The first-order valence-corrected chi connectivity index (χ1v) is 8.87. The highest BCUT2D eigenvalue weighted by Gasteiger charge is 2.25. The van der Waals surface area contributed by atoms with Crippen molar-refractivity contribution in [2.45, 2.75) is 32.7 Å². The summed E-state index contributed by atoms with van der Waals surface area (Å²) in [5.41, 5.74) is 0.919. The Morgan fingerprint density at radius 1 is 1.29 bits per heavy atom. The molecule has 0 atom stereocenters. The van der Waals surface area contributed by atoms with Gasteiger partial charge in [-0.05, 0) is 44.5 Å². The maximum atomic E-state index is 12.0. The van der Waals surface area contributed by atoms with Crippen molar-refractivity contribution in [1.82, 2.24) is 10.2 Å². The van der Waals surface area contributed by atoms with Gasteiger partial charge in [-0.1, -0.05) is 29.8 Å². The van der Waals surface area contributed by atoms with E-state index in [2.05, 4.69) is 10.2 Å². The van der Waals surface area contributed by atoms with E-state index in [0.717, 1.165) is 31.5 Å². The van der Waals surface area contributed by atoms with Crippen LogP contribution in [0.3, 0.4) is 0 Å². The maximum absolute atomic E-state index is 12.0. The minimum absolute atomic E-state index is 0.00949. The number of amides is 1. The topological polar surface area (TPSA) is 58.6 Å². The number of ether oxygens (including phenoxy) is 1. The van der Waals surface area contributed by atoms with Gasteiger partial charge in [0.25, 0.3) is 0 Å². The van der Waals surface area contributed by atoms with Gasteiger partial charge in [0.05, 0.1) is 12.5 Å². The van der Waals surface area contributed by atoms with Crippen LogP contribution in [0.2, 0.25) is 5.02 Å². The summed E-state index contributed by atoms with van der Waals surface area (Å²) >= 11 is 6.07. The average molecular weight is 353 g/mol. The number of hydrogen-bond acceptors (Lipinski definition) is 4. The molecule has 0 spiro atoms. The fourth-order valence-corrected chi connectivity index (χ4v) is 3.04. The summed E-state index contributed by atoms with van der Waals surface area (Å²) in [6.45, 7) is 5.09. The third kappa shape index (κ3) is 5.80. The lowest BCUT2D eigenvalue weighted by atomic mass is 9.97. The highest BCUT2D eigenvalue weighted by atomic mass is 35.5. The van der Waals surface area contributed by atoms with Gasteiger partial charge in [-0.15, -0.1) is 0 Å². The van der Waals surface area contributed by atoms with Crippen molar-refractivity contribution in [3.05, 3.63) is 34.9 Å². The van der Waals surface area contributed by atoms with Gasteiger partial charge >= 0.3 is 5.97 Å². The molecule has 0 aliphatic carbocycles. The maximum Gasteiger partial charge on any atom is 0.309 e. The highest BCUT2D eigenvalue weighted by Crippen LogP contribution is 2.19. The third-order valence-electron chi connectivity index (χ3n) is 4.30. The molecule has 1 N–H and O–H groups in total. The van der Waals surface area contributed by atoms with Crippen molar-refractivity contribution in [2.75, 3.05) is 26.2 Å². The zero-order chi connectivity index (χ0) is 17.4. The van der Waals surface area contributed by atoms with E-state index >= 15 is 0 Å². The minimum atomic E-state index is -0.0883. The molecule has 6 heteroatoms. The Hall–Kier alpha value is -1.59. The molecule has 0 bridgehead atoms. The van der Waals surface area contributed by atoms with Gasteiger partial charge < -0.3 is 15.0 Å². The molecule has 1 aromatic rings. The zero-order valence-corrected chi connectivity index (χ0v) is 14.8. The summed E-state index contributed by atoms with van der Waals surface area (Å²) in [5.74, 6) is -0.0627. The van der Waals surface area contributed by atoms with Gasteiger partial charge in [0.2, 0.25) is 5.91 Å². The molecule has 0 radical (unpaired) electrons. The number of piperidine rings is 1. The molecular formula is C18H25ClN2O3. The van der Waals surface area contributed by atoms with Gasteiger partial charge in [0.1, 0.15) is 0 Å². The van der Waals surface area contributed by atoms with Crippen LogP contribution in [0.4, 0.5) is 0 Å². The van der Waals surface area contributed by atoms with Crippen LogP contribution in [0.5, 0.6) is 0 Å². The molecule has 0 aromatic heterocycles. The molecule has 24 heavy (non-hydrogen) atoms. The number of nitrogens with one attached hydrogen (secondary N) is 1. The molecule has 1 aliphatic rings. The molecule has 1 fully saturated rings. The Balaban J connectivity index is 1.64. The van der Waals surface area contributed by atoms with E-state index in [0.29, 0.717) is 31.1 Å². The summed E-state index contributed by atoms with van der Waals surface area (Å²) < 4.78 is 5.07. The molecule has 132 valence electrons. The minimum Gasteiger partial charge on any atom is -0.466 e. The van der Waals surface area contributed by atoms with Crippen molar-refractivity contribution in [2.24, 2.45) is 5.92 Å². The third-order valence-corrected chi connectivity index (χ3v) is 4.67. The molecule has 1 amide bonds. The predicted octanol–water partition coefficient (Wildman–Crippen LogP) is 2.62. The summed E-state index contributed by atoms with van der Waals surface area (Å²) in [5, 5.41) is 3.56. The quantitative estimate of drug-likeness (QED) is 0.766. The fourth-order valence-electron chi connectivity index (χ4n) is 2.84. The van der Waals surface area contributed by atoms with Crippen molar-refractivity contribution >= 4 is 23.5 Å². The first-order valence-electron chi connectivity index (χ1n) is 8.49. The number of carbonyl (C=O) groups is 2. The Bertz CT molecular complexity index is 557. The molecule has 1 aliphatic heterocycles. The van der Waals surface area contributed by atoms with Crippen LogP contribution in [0.1, 0.15) is 31.7 Å². The van der Waals surface area contributed by atoms with Crippen molar-refractivity contribution < 1.29 is 14.3 Å². The smallest absolute Gasteiger partial charge is 0.309 e. The van der Waals surface area contributed by atoms with E-state index in [-0.39, 0.29) is 17.8 Å². The van der Waals surface area contributed by atoms with E-state index in [1.807, 2.05) is 31.2 Å². The van der Waals surface area contributed by atoms with Crippen molar-refractivity contribution in [1.29, 1.82) is 0 Å². The number of nitrogens with zero attached hydrogens (tertiary/aromatic N) is 1. The summed E-state index contributed by atoms with van der Waals surface area (Å²) in [7, 11) is 0. The molecule has 1 aromatic carbocycles. The molecule has 2 rings (SSSR count). The van der Waals surface area contributed by atoms with Crippen LogP contribution in [-0.2, 0) is 20.9 Å². The van der Waals surface area contributed by atoms with E-state index in [1.165, 1.54) is 0 Å². The van der Waals surface area contributed by atoms with Crippen LogP contribution in [0.25, 0.3) is 0 Å². The first kappa shape index (κ1) is 18.7. The lowest BCUT2D eigenvalue weighted by molar-refractivity contribution is -0.149. The highest BCUT2D eigenvalue weighted by molar-refractivity contribution is 6.31. The molecule has 5 nitrogen and oxygen atoms in total. The molecular weight excluding hydrogens is 328 g/mol. The SMILES string of the molecule is CCOC(=O)C1CCN(CCC(=O)NCc2ccccc2Cl)CC1. The van der Waals surface area contributed by atoms with Gasteiger partial charge in [-0.3, -0.25) is 9.59 Å². The molecule has 0 saturated carbocycles. The molecule has 1 heterocycles. The van der Waals surface area contributed by atoms with Crippen LogP contribution in [0, 0.1) is 5.92 Å². The first-order chi connectivity index (χ1) is 11.6. The standard InChI is InChI=1S/C18H25ClN2O3/c1-2-24-18(23)14-7-10-21(11-8-14)12-9-17(22)20-13-15-5-3-4-6-16(15)19/h3-6,14H,2,7-13H2,1H3,(H,20,22). The molecule has 1 saturated heterocycles. The van der Waals surface area contributed by atoms with E-state index in [1.54, 1.807) is 0 Å².